The number of phenols is 1. The zero-order valence-electron chi connectivity index (χ0n) is 12.8. The van der Waals surface area contributed by atoms with E-state index in [9.17, 15) is 9.90 Å². The second kappa shape index (κ2) is 7.96. The van der Waals surface area contributed by atoms with Crippen molar-refractivity contribution in [3.8, 4) is 11.5 Å². The summed E-state index contributed by atoms with van der Waals surface area (Å²) in [5.74, 6) is 0.518. The van der Waals surface area contributed by atoms with E-state index < -0.39 is 0 Å². The van der Waals surface area contributed by atoms with Gasteiger partial charge in [-0.2, -0.15) is 5.10 Å². The monoisotopic (exact) mass is 424 g/mol. The van der Waals surface area contributed by atoms with E-state index in [1.807, 2.05) is 26.0 Å². The van der Waals surface area contributed by atoms with Gasteiger partial charge in [-0.25, -0.2) is 5.43 Å². The summed E-state index contributed by atoms with van der Waals surface area (Å²) in [4.78, 5) is 11.8. The number of hydrazone groups is 1. The molecular weight excluding hydrogens is 407 g/mol. The molecule has 0 aliphatic heterocycles. The molecule has 5 nitrogen and oxygen atoms in total. The highest BCUT2D eigenvalue weighted by Crippen LogP contribution is 2.25. The van der Waals surface area contributed by atoms with Crippen LogP contribution in [0.1, 0.15) is 16.7 Å². The van der Waals surface area contributed by atoms with Gasteiger partial charge < -0.3 is 9.84 Å². The Kier molecular flexibility index (Phi) is 5.97. The number of amides is 1. The van der Waals surface area contributed by atoms with Gasteiger partial charge in [-0.05, 0) is 77.4 Å². The Morgan fingerprint density at radius 2 is 2.00 bits per heavy atom. The fourth-order valence-electron chi connectivity index (χ4n) is 2.08. The smallest absolute Gasteiger partial charge is 0.277 e. The van der Waals surface area contributed by atoms with Crippen molar-refractivity contribution in [1.82, 2.24) is 5.43 Å². The minimum absolute atomic E-state index is 0.111. The van der Waals surface area contributed by atoms with Crippen LogP contribution in [0.5, 0.6) is 11.5 Å². The van der Waals surface area contributed by atoms with Crippen molar-refractivity contribution in [2.75, 3.05) is 6.61 Å². The summed E-state index contributed by atoms with van der Waals surface area (Å²) in [6, 6.07) is 10.6. The summed E-state index contributed by atoms with van der Waals surface area (Å²) in [7, 11) is 0. The molecule has 0 heterocycles. The average Bonchev–Trinajstić information content (AvgIpc) is 2.46. The molecule has 2 aromatic carbocycles. The average molecular weight is 424 g/mol. The Morgan fingerprint density at radius 1 is 1.30 bits per heavy atom. The van der Waals surface area contributed by atoms with E-state index in [0.29, 0.717) is 5.56 Å². The van der Waals surface area contributed by atoms with Gasteiger partial charge in [0.15, 0.2) is 6.61 Å². The van der Waals surface area contributed by atoms with Crippen molar-refractivity contribution in [3.63, 3.8) is 0 Å². The van der Waals surface area contributed by atoms with Gasteiger partial charge in [-0.3, -0.25) is 4.79 Å². The molecular formula is C17H17IN2O3. The van der Waals surface area contributed by atoms with Crippen LogP contribution >= 0.6 is 22.6 Å². The molecule has 0 aliphatic rings. The molecule has 1 amide bonds. The van der Waals surface area contributed by atoms with E-state index in [2.05, 4.69) is 33.1 Å². The number of aryl methyl sites for hydroxylation is 2. The summed E-state index contributed by atoms with van der Waals surface area (Å²) in [5.41, 5.74) is 5.07. The van der Waals surface area contributed by atoms with Crippen LogP contribution in [0.25, 0.3) is 0 Å². The molecule has 120 valence electrons. The number of hydrogen-bond donors (Lipinski definition) is 2. The van der Waals surface area contributed by atoms with Crippen molar-refractivity contribution >= 4 is 34.7 Å². The molecule has 0 aromatic heterocycles. The fraction of sp³-hybridized carbons (Fsp3) is 0.176. The molecule has 0 saturated heterocycles. The Bertz CT molecular complexity index is 721. The van der Waals surface area contributed by atoms with Crippen LogP contribution in [0, 0.1) is 17.4 Å². The molecule has 0 unspecified atom stereocenters. The zero-order chi connectivity index (χ0) is 16.8. The Balaban J connectivity index is 1.88. The summed E-state index contributed by atoms with van der Waals surface area (Å²) in [6.45, 7) is 3.78. The maximum atomic E-state index is 11.8. The van der Waals surface area contributed by atoms with E-state index in [1.54, 1.807) is 24.3 Å². The number of rotatable bonds is 5. The third-order valence-corrected chi connectivity index (χ3v) is 3.67. The van der Waals surface area contributed by atoms with Crippen LogP contribution in [-0.4, -0.2) is 23.8 Å². The molecule has 2 rings (SSSR count). The van der Waals surface area contributed by atoms with Crippen LogP contribution in [0.3, 0.4) is 0 Å². The number of carbonyl (C=O) groups excluding carboxylic acids is 1. The van der Waals surface area contributed by atoms with E-state index in [1.165, 1.54) is 6.21 Å². The van der Waals surface area contributed by atoms with Crippen molar-refractivity contribution in [2.45, 2.75) is 13.8 Å². The van der Waals surface area contributed by atoms with Gasteiger partial charge in [0.1, 0.15) is 11.5 Å². The van der Waals surface area contributed by atoms with Gasteiger partial charge in [0, 0.05) is 3.57 Å². The molecule has 2 N–H and O–H groups in total. The number of benzene rings is 2. The number of halogens is 1. The summed E-state index contributed by atoms with van der Waals surface area (Å²) < 4.78 is 6.71. The second-order valence-corrected chi connectivity index (χ2v) is 6.29. The maximum absolute atomic E-state index is 11.8. The van der Waals surface area contributed by atoms with E-state index >= 15 is 0 Å². The van der Waals surface area contributed by atoms with E-state index in [4.69, 9.17) is 4.74 Å². The van der Waals surface area contributed by atoms with Crippen molar-refractivity contribution in [1.29, 1.82) is 0 Å². The third kappa shape index (κ3) is 5.24. The second-order valence-electron chi connectivity index (χ2n) is 5.05. The molecule has 0 saturated carbocycles. The first-order chi connectivity index (χ1) is 11.0. The van der Waals surface area contributed by atoms with Gasteiger partial charge in [0.2, 0.25) is 0 Å². The quantitative estimate of drug-likeness (QED) is 0.440. The molecule has 0 radical (unpaired) electrons. The van der Waals surface area contributed by atoms with Crippen LogP contribution in [0.15, 0.2) is 41.5 Å². The number of carbonyl (C=O) groups is 1. The lowest BCUT2D eigenvalue weighted by molar-refractivity contribution is -0.123. The largest absolute Gasteiger partial charge is 0.508 e. The molecule has 0 spiro atoms. The topological polar surface area (TPSA) is 70.9 Å². The highest BCUT2D eigenvalue weighted by molar-refractivity contribution is 14.1. The number of ether oxygens (including phenoxy) is 1. The van der Waals surface area contributed by atoms with E-state index in [-0.39, 0.29) is 18.3 Å². The van der Waals surface area contributed by atoms with Gasteiger partial charge >= 0.3 is 0 Å². The van der Waals surface area contributed by atoms with Gasteiger partial charge in [-0.1, -0.05) is 12.1 Å². The van der Waals surface area contributed by atoms with Gasteiger partial charge in [0.05, 0.1) is 6.21 Å². The van der Waals surface area contributed by atoms with Crippen molar-refractivity contribution < 1.29 is 14.6 Å². The van der Waals surface area contributed by atoms with E-state index in [0.717, 1.165) is 20.4 Å². The lowest BCUT2D eigenvalue weighted by atomic mass is 10.1. The minimum Gasteiger partial charge on any atom is -0.508 e. The standard InChI is InChI=1S/C17H17IN2O3/c1-11-6-14(18)7-12(2)17(11)23-10-16(22)20-19-9-13-4-3-5-15(21)8-13/h3-9,21H,10H2,1-2H3,(H,20,22)/b19-9+. The first-order valence-electron chi connectivity index (χ1n) is 6.96. The number of nitrogens with one attached hydrogen (secondary N) is 1. The number of nitrogens with zero attached hydrogens (tertiary/aromatic N) is 1. The first kappa shape index (κ1) is 17.3. The van der Waals surface area contributed by atoms with Gasteiger partial charge in [-0.15, -0.1) is 0 Å². The number of aromatic hydroxyl groups is 1. The van der Waals surface area contributed by atoms with Crippen LogP contribution in [-0.2, 0) is 4.79 Å². The Hall–Kier alpha value is -2.09. The molecule has 0 bridgehead atoms. The molecule has 0 aliphatic carbocycles. The summed E-state index contributed by atoms with van der Waals surface area (Å²) in [5, 5.41) is 13.2. The highest BCUT2D eigenvalue weighted by atomic mass is 127. The third-order valence-electron chi connectivity index (χ3n) is 3.05. The fourth-order valence-corrected chi connectivity index (χ4v) is 3.01. The molecule has 2 aromatic rings. The normalized spacial score (nSPS) is 10.7. The molecule has 23 heavy (non-hydrogen) atoms. The first-order valence-corrected chi connectivity index (χ1v) is 8.04. The van der Waals surface area contributed by atoms with Crippen molar-refractivity contribution in [3.05, 3.63) is 56.7 Å². The lowest BCUT2D eigenvalue weighted by Crippen LogP contribution is -2.25. The maximum Gasteiger partial charge on any atom is 0.277 e. The lowest BCUT2D eigenvalue weighted by Gasteiger charge is -2.11. The molecule has 0 atom stereocenters. The van der Waals surface area contributed by atoms with Crippen LogP contribution < -0.4 is 10.2 Å². The van der Waals surface area contributed by atoms with Crippen LogP contribution in [0.2, 0.25) is 0 Å². The predicted octanol–water partition coefficient (Wildman–Crippen LogP) is 3.14. The number of hydrogen-bond acceptors (Lipinski definition) is 4. The Morgan fingerprint density at radius 3 is 2.65 bits per heavy atom. The van der Waals surface area contributed by atoms with Gasteiger partial charge in [0.25, 0.3) is 5.91 Å². The molecule has 6 heteroatoms. The summed E-state index contributed by atoms with van der Waals surface area (Å²) in [6.07, 6.45) is 1.46. The predicted molar refractivity (Wildman–Crippen MR) is 98.0 cm³/mol. The minimum atomic E-state index is -0.348. The Labute approximate surface area is 148 Å². The molecule has 0 fully saturated rings. The van der Waals surface area contributed by atoms with Crippen molar-refractivity contribution in [2.24, 2.45) is 5.10 Å². The zero-order valence-corrected chi connectivity index (χ0v) is 15.0. The number of phenolic OH excluding ortho intramolecular Hbond substituents is 1. The SMILES string of the molecule is Cc1cc(I)cc(C)c1OCC(=O)N/N=C/c1cccc(O)c1. The van der Waals surface area contributed by atoms with Crippen LogP contribution in [0.4, 0.5) is 0 Å². The highest BCUT2D eigenvalue weighted by Gasteiger charge is 2.08. The summed E-state index contributed by atoms with van der Waals surface area (Å²) >= 11 is 2.24.